The van der Waals surface area contributed by atoms with Crippen LogP contribution in [0.1, 0.15) is 11.1 Å². The van der Waals surface area contributed by atoms with Crippen molar-refractivity contribution in [3.05, 3.63) is 63.9 Å². The lowest BCUT2D eigenvalue weighted by atomic mass is 10.1. The van der Waals surface area contributed by atoms with Crippen molar-refractivity contribution in [1.82, 2.24) is 10.3 Å². The summed E-state index contributed by atoms with van der Waals surface area (Å²) in [6.07, 6.45) is 0.0341. The van der Waals surface area contributed by atoms with Gasteiger partial charge >= 0.3 is 5.76 Å². The second-order valence-corrected chi connectivity index (χ2v) is 7.14. The van der Waals surface area contributed by atoms with Crippen molar-refractivity contribution in [2.24, 2.45) is 5.14 Å². The Labute approximate surface area is 146 Å². The van der Waals surface area contributed by atoms with Crippen LogP contribution in [-0.2, 0) is 27.8 Å². The minimum atomic E-state index is -4.19. The van der Waals surface area contributed by atoms with Gasteiger partial charge in [-0.05, 0) is 35.4 Å². The van der Waals surface area contributed by atoms with Crippen molar-refractivity contribution in [3.8, 4) is 0 Å². The van der Waals surface area contributed by atoms with E-state index < -0.39 is 26.5 Å². The summed E-state index contributed by atoms with van der Waals surface area (Å²) in [5.41, 5.74) is 1.91. The van der Waals surface area contributed by atoms with Crippen LogP contribution in [-0.4, -0.2) is 19.3 Å². The molecule has 1 heterocycles. The predicted octanol–water partition coefficient (Wildman–Crippen LogP) is 0.766. The summed E-state index contributed by atoms with van der Waals surface area (Å²) in [7, 11) is -4.19. The van der Waals surface area contributed by atoms with Crippen LogP contribution < -0.4 is 16.2 Å². The Morgan fingerprint density at radius 1 is 1.19 bits per heavy atom. The number of hydrogen-bond donors (Lipinski definition) is 3. The summed E-state index contributed by atoms with van der Waals surface area (Å²) in [6.45, 7) is 0.00637. The highest BCUT2D eigenvalue weighted by Gasteiger charge is 2.15. The van der Waals surface area contributed by atoms with Crippen molar-refractivity contribution in [2.45, 2.75) is 17.9 Å². The summed E-state index contributed by atoms with van der Waals surface area (Å²) >= 11 is 0. The number of sulfonamides is 1. The molecule has 3 rings (SSSR count). The first-order valence-electron chi connectivity index (χ1n) is 7.42. The first kappa shape index (κ1) is 17.8. The highest BCUT2D eigenvalue weighted by atomic mass is 32.2. The Bertz CT molecular complexity index is 1150. The van der Waals surface area contributed by atoms with Crippen LogP contribution in [0.25, 0.3) is 11.1 Å². The van der Waals surface area contributed by atoms with Gasteiger partial charge in [0.15, 0.2) is 5.58 Å². The van der Waals surface area contributed by atoms with Gasteiger partial charge in [0.2, 0.25) is 15.9 Å². The van der Waals surface area contributed by atoms with Crippen molar-refractivity contribution in [3.63, 3.8) is 0 Å². The summed E-state index contributed by atoms with van der Waals surface area (Å²) in [5.74, 6) is -1.87. The maximum absolute atomic E-state index is 13.5. The van der Waals surface area contributed by atoms with Gasteiger partial charge in [-0.3, -0.25) is 9.78 Å². The van der Waals surface area contributed by atoms with E-state index in [9.17, 15) is 22.4 Å². The van der Waals surface area contributed by atoms with Crippen LogP contribution in [0.3, 0.4) is 0 Å². The number of H-pyrrole nitrogens is 1. The third kappa shape index (κ3) is 3.98. The maximum Gasteiger partial charge on any atom is 0.417 e. The fourth-order valence-electron chi connectivity index (χ4n) is 2.43. The number of nitrogens with two attached hydrogens (primary N) is 1. The molecule has 136 valence electrons. The van der Waals surface area contributed by atoms with Crippen LogP contribution in [0.5, 0.6) is 0 Å². The number of nitrogens with one attached hydrogen (secondary N) is 2. The summed E-state index contributed by atoms with van der Waals surface area (Å²) in [6, 6.07) is 8.25. The number of carbonyl (C=O) groups excluding carboxylic acids is 1. The summed E-state index contributed by atoms with van der Waals surface area (Å²) in [4.78, 5) is 25.0. The molecule has 0 aliphatic rings. The topological polar surface area (TPSA) is 135 Å². The highest BCUT2D eigenvalue weighted by molar-refractivity contribution is 7.89. The quantitative estimate of drug-likeness (QED) is 0.602. The molecule has 26 heavy (non-hydrogen) atoms. The third-order valence-corrected chi connectivity index (χ3v) is 4.57. The number of hydrogen-bond acceptors (Lipinski definition) is 5. The van der Waals surface area contributed by atoms with E-state index in [1.54, 1.807) is 18.2 Å². The van der Waals surface area contributed by atoms with Gasteiger partial charge < -0.3 is 9.73 Å². The second-order valence-electron chi connectivity index (χ2n) is 5.61. The van der Waals surface area contributed by atoms with E-state index >= 15 is 0 Å². The Morgan fingerprint density at radius 2 is 1.92 bits per heavy atom. The maximum atomic E-state index is 13.5. The highest BCUT2D eigenvalue weighted by Crippen LogP contribution is 2.15. The fourth-order valence-corrected chi connectivity index (χ4v) is 3.09. The summed E-state index contributed by atoms with van der Waals surface area (Å²) in [5, 5.41) is 7.55. The van der Waals surface area contributed by atoms with Crippen molar-refractivity contribution < 1.29 is 22.0 Å². The lowest BCUT2D eigenvalue weighted by molar-refractivity contribution is -0.120. The number of carbonyl (C=O) groups is 1. The molecule has 0 aliphatic heterocycles. The average molecular weight is 379 g/mol. The number of aromatic nitrogens is 1. The molecule has 0 saturated carbocycles. The van der Waals surface area contributed by atoms with Gasteiger partial charge in [-0.15, -0.1) is 0 Å². The van der Waals surface area contributed by atoms with Gasteiger partial charge in [0.05, 0.1) is 11.9 Å². The molecule has 0 unspecified atom stereocenters. The number of amides is 1. The average Bonchev–Trinajstić information content (AvgIpc) is 2.92. The molecule has 0 bridgehead atoms. The van der Waals surface area contributed by atoms with Gasteiger partial charge in [0, 0.05) is 6.54 Å². The monoisotopic (exact) mass is 379 g/mol. The molecule has 10 heteroatoms. The molecule has 4 N–H and O–H groups in total. The standard InChI is InChI=1S/C16H14FN3O5S/c17-11-3-1-10(6-14(11)26(18,23)24)8-19-15(21)7-9-2-4-13-12(5-9)20-16(22)25-13/h1-6H,7-8H2,(H,19,21)(H,20,22)(H2,18,23,24). The predicted molar refractivity (Wildman–Crippen MR) is 90.2 cm³/mol. The SMILES string of the molecule is NS(=O)(=O)c1cc(CNC(=O)Cc2ccc3oc(=O)[nH]c3c2)ccc1F. The Morgan fingerprint density at radius 3 is 2.65 bits per heavy atom. The third-order valence-electron chi connectivity index (χ3n) is 3.64. The zero-order valence-corrected chi connectivity index (χ0v) is 14.1. The lowest BCUT2D eigenvalue weighted by Gasteiger charge is -2.08. The molecular weight excluding hydrogens is 365 g/mol. The number of rotatable bonds is 5. The van der Waals surface area contributed by atoms with Crippen LogP contribution in [0.2, 0.25) is 0 Å². The van der Waals surface area contributed by atoms with E-state index in [-0.39, 0.29) is 18.9 Å². The van der Waals surface area contributed by atoms with E-state index in [1.165, 1.54) is 6.07 Å². The number of benzene rings is 2. The van der Waals surface area contributed by atoms with Crippen LogP contribution in [0, 0.1) is 5.82 Å². The van der Waals surface area contributed by atoms with Gasteiger partial charge in [0.25, 0.3) is 0 Å². The number of aromatic amines is 1. The Kier molecular flexibility index (Phi) is 4.62. The minimum Gasteiger partial charge on any atom is -0.408 e. The minimum absolute atomic E-state index is 0.00637. The zero-order valence-electron chi connectivity index (χ0n) is 13.3. The Hall–Kier alpha value is -2.98. The largest absolute Gasteiger partial charge is 0.417 e. The molecule has 0 spiro atoms. The first-order chi connectivity index (χ1) is 12.2. The van der Waals surface area contributed by atoms with E-state index in [0.717, 1.165) is 12.1 Å². The van der Waals surface area contributed by atoms with Crippen molar-refractivity contribution >= 4 is 27.0 Å². The smallest absolute Gasteiger partial charge is 0.408 e. The molecule has 3 aromatic rings. The second kappa shape index (κ2) is 6.73. The molecule has 0 aliphatic carbocycles. The molecule has 0 fully saturated rings. The normalized spacial score (nSPS) is 11.6. The van der Waals surface area contributed by atoms with E-state index in [0.29, 0.717) is 22.2 Å². The van der Waals surface area contributed by atoms with Crippen molar-refractivity contribution in [1.29, 1.82) is 0 Å². The molecular formula is C16H14FN3O5S. The number of oxazole rings is 1. The number of fused-ring (bicyclic) bond motifs is 1. The summed E-state index contributed by atoms with van der Waals surface area (Å²) < 4.78 is 41.0. The number of primary sulfonamides is 1. The van der Waals surface area contributed by atoms with Gasteiger partial charge in [0.1, 0.15) is 10.7 Å². The molecule has 1 amide bonds. The molecule has 0 atom stereocenters. The van der Waals surface area contributed by atoms with Crippen LogP contribution >= 0.6 is 0 Å². The lowest BCUT2D eigenvalue weighted by Crippen LogP contribution is -2.25. The van der Waals surface area contributed by atoms with Crippen LogP contribution in [0.4, 0.5) is 4.39 Å². The Balaban J connectivity index is 1.67. The zero-order chi connectivity index (χ0) is 18.9. The molecule has 0 radical (unpaired) electrons. The van der Waals surface area contributed by atoms with E-state index in [2.05, 4.69) is 10.3 Å². The van der Waals surface area contributed by atoms with E-state index in [1.807, 2.05) is 0 Å². The first-order valence-corrected chi connectivity index (χ1v) is 8.97. The van der Waals surface area contributed by atoms with Crippen LogP contribution in [0.15, 0.2) is 50.5 Å². The molecule has 0 saturated heterocycles. The molecule has 1 aromatic heterocycles. The van der Waals surface area contributed by atoms with Gasteiger partial charge in [-0.2, -0.15) is 0 Å². The van der Waals surface area contributed by atoms with Crippen molar-refractivity contribution in [2.75, 3.05) is 0 Å². The van der Waals surface area contributed by atoms with E-state index in [4.69, 9.17) is 9.56 Å². The fraction of sp³-hybridized carbons (Fsp3) is 0.125. The number of halogens is 1. The molecule has 2 aromatic carbocycles. The molecule has 8 nitrogen and oxygen atoms in total. The van der Waals surface area contributed by atoms with Gasteiger partial charge in [-0.25, -0.2) is 22.7 Å². The van der Waals surface area contributed by atoms with Gasteiger partial charge in [-0.1, -0.05) is 12.1 Å².